The summed E-state index contributed by atoms with van der Waals surface area (Å²) in [5, 5.41) is 0. The van der Waals surface area contributed by atoms with Gasteiger partial charge in [-0.25, -0.2) is 4.39 Å². The number of nitrogens with one attached hydrogen (secondary N) is 2. The van der Waals surface area contributed by atoms with Crippen LogP contribution in [0.25, 0.3) is 16.5 Å². The molecular weight excluding hydrogens is 407 g/mol. The average molecular weight is 424 g/mol. The van der Waals surface area contributed by atoms with Gasteiger partial charge >= 0.3 is 0 Å². The molecule has 0 bridgehead atoms. The highest BCUT2D eigenvalue weighted by molar-refractivity contribution is 7.16. The fourth-order valence-electron chi connectivity index (χ4n) is 2.82. The van der Waals surface area contributed by atoms with Crippen LogP contribution in [0.4, 0.5) is 4.39 Å². The number of hydrazine groups is 1. The summed E-state index contributed by atoms with van der Waals surface area (Å²) in [6.45, 7) is 0.883. The Kier molecular flexibility index (Phi) is 5.76. The van der Waals surface area contributed by atoms with E-state index in [4.69, 9.17) is 9.47 Å². The first-order valence-corrected chi connectivity index (χ1v) is 9.94. The maximum Gasteiger partial charge on any atom is 0.269 e. The number of amides is 2. The summed E-state index contributed by atoms with van der Waals surface area (Å²) < 4.78 is 24.7. The number of hydrogen-bond donors (Lipinski definition) is 2. The number of ether oxygens (including phenoxy) is 2. The minimum atomic E-state index is -0.498. The van der Waals surface area contributed by atoms with E-state index in [-0.39, 0.29) is 5.82 Å². The van der Waals surface area contributed by atoms with Gasteiger partial charge in [0.1, 0.15) is 19.0 Å². The Morgan fingerprint density at radius 2 is 1.77 bits per heavy atom. The third kappa shape index (κ3) is 4.49. The lowest BCUT2D eigenvalue weighted by molar-refractivity contribution is -0.117. The molecule has 0 radical (unpaired) electrons. The molecule has 0 fully saturated rings. The number of carbonyl (C=O) groups excluding carboxylic acids is 2. The van der Waals surface area contributed by atoms with Crippen molar-refractivity contribution >= 4 is 29.2 Å². The summed E-state index contributed by atoms with van der Waals surface area (Å²) >= 11 is 1.36. The van der Waals surface area contributed by atoms with E-state index in [2.05, 4.69) is 10.9 Å². The summed E-state index contributed by atoms with van der Waals surface area (Å²) in [5.41, 5.74) is 5.52. The Hall–Kier alpha value is -3.65. The maximum absolute atomic E-state index is 13.9. The summed E-state index contributed by atoms with van der Waals surface area (Å²) in [4.78, 5) is 25.8. The third-order valence-corrected chi connectivity index (χ3v) is 5.35. The number of benzene rings is 2. The second kappa shape index (κ2) is 8.79. The van der Waals surface area contributed by atoms with Gasteiger partial charge in [-0.15, -0.1) is 11.3 Å². The molecule has 0 saturated carbocycles. The van der Waals surface area contributed by atoms with Crippen LogP contribution < -0.4 is 20.3 Å². The van der Waals surface area contributed by atoms with E-state index in [0.29, 0.717) is 35.8 Å². The van der Waals surface area contributed by atoms with E-state index in [1.54, 1.807) is 54.6 Å². The van der Waals surface area contributed by atoms with Crippen LogP contribution in [-0.2, 0) is 4.79 Å². The second-order valence-electron chi connectivity index (χ2n) is 6.32. The molecule has 152 valence electrons. The number of hydrogen-bond acceptors (Lipinski definition) is 5. The molecule has 8 heteroatoms. The zero-order valence-corrected chi connectivity index (χ0v) is 16.5. The Morgan fingerprint density at radius 1 is 0.967 bits per heavy atom. The van der Waals surface area contributed by atoms with Crippen LogP contribution in [0, 0.1) is 5.82 Å². The van der Waals surface area contributed by atoms with Gasteiger partial charge in [0.25, 0.3) is 11.8 Å². The first-order chi connectivity index (χ1) is 14.6. The Bertz CT molecular complexity index is 1130. The van der Waals surface area contributed by atoms with Crippen molar-refractivity contribution < 1.29 is 23.5 Å². The Morgan fingerprint density at radius 3 is 2.60 bits per heavy atom. The van der Waals surface area contributed by atoms with E-state index in [0.717, 1.165) is 9.75 Å². The van der Waals surface area contributed by atoms with Crippen LogP contribution in [-0.4, -0.2) is 25.0 Å². The van der Waals surface area contributed by atoms with Crippen molar-refractivity contribution in [1.29, 1.82) is 0 Å². The highest BCUT2D eigenvalue weighted by atomic mass is 32.1. The Labute approximate surface area is 175 Å². The molecule has 2 amide bonds. The van der Waals surface area contributed by atoms with Crippen molar-refractivity contribution in [2.45, 2.75) is 0 Å². The summed E-state index contributed by atoms with van der Waals surface area (Å²) in [6, 6.07) is 14.9. The van der Waals surface area contributed by atoms with Gasteiger partial charge in [0.15, 0.2) is 11.5 Å². The zero-order valence-electron chi connectivity index (χ0n) is 15.7. The predicted octanol–water partition coefficient (Wildman–Crippen LogP) is 3.80. The normalized spacial score (nSPS) is 12.6. The standard InChI is InChI=1S/C22H17FN2O4S/c23-17-4-2-1-3-16(17)20-9-6-15(30-20)7-10-21(26)24-25-22(27)14-5-8-18-19(13-14)29-12-11-28-18/h1-10,13H,11-12H2,(H,24,26)(H,25,27). The summed E-state index contributed by atoms with van der Waals surface area (Å²) in [7, 11) is 0. The lowest BCUT2D eigenvalue weighted by atomic mass is 10.2. The molecule has 30 heavy (non-hydrogen) atoms. The van der Waals surface area contributed by atoms with Crippen molar-refractivity contribution in [3.05, 3.63) is 76.9 Å². The van der Waals surface area contributed by atoms with Gasteiger partial charge in [-0.05, 0) is 42.5 Å². The highest BCUT2D eigenvalue weighted by Gasteiger charge is 2.15. The number of halogens is 1. The summed E-state index contributed by atoms with van der Waals surface area (Å²) in [5.74, 6) is -0.207. The van der Waals surface area contributed by atoms with Crippen LogP contribution >= 0.6 is 11.3 Å². The first-order valence-electron chi connectivity index (χ1n) is 9.13. The van der Waals surface area contributed by atoms with E-state index < -0.39 is 11.8 Å². The quantitative estimate of drug-likeness (QED) is 0.493. The molecule has 1 aliphatic heterocycles. The Balaban J connectivity index is 1.33. The average Bonchev–Trinajstić information content (AvgIpc) is 3.25. The van der Waals surface area contributed by atoms with Crippen molar-refractivity contribution in [1.82, 2.24) is 10.9 Å². The zero-order chi connectivity index (χ0) is 20.9. The van der Waals surface area contributed by atoms with Crippen LogP contribution in [0.2, 0.25) is 0 Å². The fraction of sp³-hybridized carbons (Fsp3) is 0.0909. The molecule has 4 rings (SSSR count). The van der Waals surface area contributed by atoms with E-state index in [1.165, 1.54) is 23.5 Å². The maximum atomic E-state index is 13.9. The molecule has 0 unspecified atom stereocenters. The van der Waals surface area contributed by atoms with Crippen LogP contribution in [0.1, 0.15) is 15.2 Å². The van der Waals surface area contributed by atoms with E-state index in [9.17, 15) is 14.0 Å². The van der Waals surface area contributed by atoms with Gasteiger partial charge < -0.3 is 9.47 Å². The minimum Gasteiger partial charge on any atom is -0.486 e. The van der Waals surface area contributed by atoms with Gasteiger partial charge in [0.2, 0.25) is 0 Å². The first kappa shape index (κ1) is 19.7. The molecule has 3 aromatic rings. The smallest absolute Gasteiger partial charge is 0.269 e. The molecule has 0 saturated heterocycles. The minimum absolute atomic E-state index is 0.297. The van der Waals surface area contributed by atoms with E-state index >= 15 is 0 Å². The second-order valence-corrected chi connectivity index (χ2v) is 7.43. The monoisotopic (exact) mass is 424 g/mol. The third-order valence-electron chi connectivity index (χ3n) is 4.27. The molecule has 1 aliphatic rings. The van der Waals surface area contributed by atoms with Gasteiger partial charge in [-0.3, -0.25) is 20.4 Å². The topological polar surface area (TPSA) is 76.7 Å². The lowest BCUT2D eigenvalue weighted by Crippen LogP contribution is -2.40. The number of rotatable bonds is 4. The molecule has 0 spiro atoms. The van der Waals surface area contributed by atoms with Crippen molar-refractivity contribution in [2.75, 3.05) is 13.2 Å². The highest BCUT2D eigenvalue weighted by Crippen LogP contribution is 2.31. The largest absolute Gasteiger partial charge is 0.486 e. The van der Waals surface area contributed by atoms with Gasteiger partial charge in [0, 0.05) is 27.0 Å². The molecule has 2 heterocycles. The number of carbonyl (C=O) groups is 2. The molecule has 2 aromatic carbocycles. The van der Waals surface area contributed by atoms with Crippen LogP contribution in [0.3, 0.4) is 0 Å². The number of fused-ring (bicyclic) bond motifs is 1. The van der Waals surface area contributed by atoms with Gasteiger partial charge in [-0.2, -0.15) is 0 Å². The van der Waals surface area contributed by atoms with Crippen molar-refractivity contribution in [3.8, 4) is 21.9 Å². The summed E-state index contributed by atoms with van der Waals surface area (Å²) in [6.07, 6.45) is 2.89. The van der Waals surface area contributed by atoms with Crippen LogP contribution in [0.5, 0.6) is 11.5 Å². The van der Waals surface area contributed by atoms with Crippen molar-refractivity contribution in [2.24, 2.45) is 0 Å². The van der Waals surface area contributed by atoms with Gasteiger partial charge in [0.05, 0.1) is 0 Å². The molecule has 2 N–H and O–H groups in total. The van der Waals surface area contributed by atoms with Crippen LogP contribution in [0.15, 0.2) is 60.7 Å². The molecule has 0 atom stereocenters. The van der Waals surface area contributed by atoms with Gasteiger partial charge in [-0.1, -0.05) is 18.2 Å². The molecule has 1 aromatic heterocycles. The van der Waals surface area contributed by atoms with E-state index in [1.807, 2.05) is 0 Å². The lowest BCUT2D eigenvalue weighted by Gasteiger charge is -2.18. The molecular formula is C22H17FN2O4S. The number of thiophene rings is 1. The SMILES string of the molecule is O=C(C=Cc1ccc(-c2ccccc2F)s1)NNC(=O)c1ccc2c(c1)OCCO2. The fourth-order valence-corrected chi connectivity index (χ4v) is 3.76. The molecule has 0 aliphatic carbocycles. The van der Waals surface area contributed by atoms with Crippen molar-refractivity contribution in [3.63, 3.8) is 0 Å². The predicted molar refractivity (Wildman–Crippen MR) is 112 cm³/mol. The molecule has 6 nitrogen and oxygen atoms in total.